The first-order valence-electron chi connectivity index (χ1n) is 18.1. The maximum atomic E-state index is 2.34. The maximum Gasteiger partial charge on any atom is 0.0463 e. The Balaban J connectivity index is 1.24. The van der Waals surface area contributed by atoms with Gasteiger partial charge in [0.25, 0.3) is 0 Å². The van der Waals surface area contributed by atoms with Crippen molar-refractivity contribution in [2.45, 2.75) is 6.92 Å². The summed E-state index contributed by atoms with van der Waals surface area (Å²) in [5, 5.41) is 0. The van der Waals surface area contributed by atoms with Crippen LogP contribution in [0, 0.1) is 6.92 Å². The standard InChI is InChI=1S/C51H40N2/c1-39-27-31-46(32-28-39)53(49-37-35-48(36-38-49)52(44-23-13-5-14-24-44)45-25-15-6-16-26-45)47-33-29-43(30-34-47)51(42-21-11-4-12-22-42)50(40-17-7-2-8-18-40)41-19-9-3-10-20-41/h2-38H,1H3. The van der Waals surface area contributed by atoms with Gasteiger partial charge >= 0.3 is 0 Å². The Hall–Kier alpha value is -6.90. The molecule has 0 unspecified atom stereocenters. The fourth-order valence-corrected chi connectivity index (χ4v) is 7.00. The largest absolute Gasteiger partial charge is 0.311 e. The number of anilines is 6. The molecule has 0 saturated carbocycles. The minimum absolute atomic E-state index is 1.08. The highest BCUT2D eigenvalue weighted by molar-refractivity contribution is 6.04. The zero-order valence-electron chi connectivity index (χ0n) is 29.8. The van der Waals surface area contributed by atoms with Crippen molar-refractivity contribution in [1.82, 2.24) is 0 Å². The molecule has 0 aliphatic carbocycles. The highest BCUT2D eigenvalue weighted by Crippen LogP contribution is 2.41. The average molecular weight is 681 g/mol. The van der Waals surface area contributed by atoms with Crippen LogP contribution in [0.15, 0.2) is 224 Å². The Morgan fingerprint density at radius 1 is 0.245 bits per heavy atom. The lowest BCUT2D eigenvalue weighted by molar-refractivity contribution is 1.25. The molecule has 53 heavy (non-hydrogen) atoms. The Morgan fingerprint density at radius 2 is 0.472 bits per heavy atom. The van der Waals surface area contributed by atoms with Gasteiger partial charge in [0, 0.05) is 34.1 Å². The van der Waals surface area contributed by atoms with Crippen LogP contribution in [0.25, 0.3) is 11.1 Å². The smallest absolute Gasteiger partial charge is 0.0463 e. The summed E-state index contributed by atoms with van der Waals surface area (Å²) >= 11 is 0. The summed E-state index contributed by atoms with van der Waals surface area (Å²) < 4.78 is 0. The van der Waals surface area contributed by atoms with Gasteiger partial charge in [-0.3, -0.25) is 0 Å². The Morgan fingerprint density at radius 3 is 0.792 bits per heavy atom. The lowest BCUT2D eigenvalue weighted by atomic mass is 9.86. The minimum atomic E-state index is 1.08. The van der Waals surface area contributed by atoms with Crippen molar-refractivity contribution in [3.8, 4) is 0 Å². The van der Waals surface area contributed by atoms with Gasteiger partial charge in [-0.2, -0.15) is 0 Å². The van der Waals surface area contributed by atoms with Crippen molar-refractivity contribution in [2.75, 3.05) is 9.80 Å². The van der Waals surface area contributed by atoms with Crippen LogP contribution in [0.2, 0.25) is 0 Å². The van der Waals surface area contributed by atoms with Gasteiger partial charge in [0.1, 0.15) is 0 Å². The third kappa shape index (κ3) is 7.30. The molecule has 2 nitrogen and oxygen atoms in total. The number of hydrogen-bond acceptors (Lipinski definition) is 2. The monoisotopic (exact) mass is 680 g/mol. The summed E-state index contributed by atoms with van der Waals surface area (Å²) in [6.45, 7) is 2.13. The van der Waals surface area contributed by atoms with E-state index in [0.29, 0.717) is 0 Å². The number of benzene rings is 8. The molecule has 0 amide bonds. The molecule has 8 rings (SSSR count). The Kier molecular flexibility index (Phi) is 9.76. The molecule has 254 valence electrons. The second-order valence-electron chi connectivity index (χ2n) is 13.1. The molecule has 0 spiro atoms. The van der Waals surface area contributed by atoms with Crippen molar-refractivity contribution < 1.29 is 0 Å². The van der Waals surface area contributed by atoms with E-state index in [4.69, 9.17) is 0 Å². The summed E-state index contributed by atoms with van der Waals surface area (Å²) in [6, 6.07) is 80.0. The normalized spacial score (nSPS) is 10.7. The van der Waals surface area contributed by atoms with E-state index in [1.165, 1.54) is 33.4 Å². The first-order valence-corrected chi connectivity index (χ1v) is 18.1. The van der Waals surface area contributed by atoms with Crippen molar-refractivity contribution in [1.29, 1.82) is 0 Å². The summed E-state index contributed by atoms with van der Waals surface area (Å²) in [5.41, 5.74) is 14.9. The molecule has 0 fully saturated rings. The quantitative estimate of drug-likeness (QED) is 0.133. The van der Waals surface area contributed by atoms with E-state index in [0.717, 1.165) is 39.7 Å². The first kappa shape index (κ1) is 33.3. The van der Waals surface area contributed by atoms with Gasteiger partial charge < -0.3 is 9.80 Å². The second kappa shape index (κ2) is 15.6. The SMILES string of the molecule is Cc1ccc(N(c2ccc(C(=C(c3ccccc3)c3ccccc3)c3ccccc3)cc2)c2ccc(N(c3ccccc3)c3ccccc3)cc2)cc1. The Labute approximate surface area is 313 Å². The van der Waals surface area contributed by atoms with Crippen molar-refractivity contribution in [2.24, 2.45) is 0 Å². The molecule has 0 aliphatic rings. The highest BCUT2D eigenvalue weighted by Gasteiger charge is 2.19. The van der Waals surface area contributed by atoms with Crippen molar-refractivity contribution in [3.05, 3.63) is 252 Å². The van der Waals surface area contributed by atoms with Gasteiger partial charge in [-0.15, -0.1) is 0 Å². The fourth-order valence-electron chi connectivity index (χ4n) is 7.00. The number of nitrogens with zero attached hydrogens (tertiary/aromatic N) is 2. The van der Waals surface area contributed by atoms with Crippen LogP contribution in [0.5, 0.6) is 0 Å². The molecule has 0 radical (unpaired) electrons. The van der Waals surface area contributed by atoms with Crippen LogP contribution in [-0.4, -0.2) is 0 Å². The van der Waals surface area contributed by atoms with Crippen LogP contribution in [0.4, 0.5) is 34.1 Å². The minimum Gasteiger partial charge on any atom is -0.311 e. The summed E-state index contributed by atoms with van der Waals surface area (Å²) in [6.07, 6.45) is 0. The molecule has 0 N–H and O–H groups in total. The molecule has 2 heteroatoms. The van der Waals surface area contributed by atoms with E-state index < -0.39 is 0 Å². The van der Waals surface area contributed by atoms with E-state index in [-0.39, 0.29) is 0 Å². The lowest BCUT2D eigenvalue weighted by Crippen LogP contribution is -2.12. The lowest BCUT2D eigenvalue weighted by Gasteiger charge is -2.28. The third-order valence-electron chi connectivity index (χ3n) is 9.54. The highest BCUT2D eigenvalue weighted by atomic mass is 15.2. The zero-order chi connectivity index (χ0) is 35.8. The van der Waals surface area contributed by atoms with Crippen LogP contribution in [0.1, 0.15) is 27.8 Å². The molecule has 8 aromatic rings. The van der Waals surface area contributed by atoms with Gasteiger partial charge in [0.15, 0.2) is 0 Å². The van der Waals surface area contributed by atoms with Gasteiger partial charge in [0.2, 0.25) is 0 Å². The maximum absolute atomic E-state index is 2.34. The predicted octanol–water partition coefficient (Wildman–Crippen LogP) is 13.9. The van der Waals surface area contributed by atoms with Gasteiger partial charge in [-0.25, -0.2) is 0 Å². The predicted molar refractivity (Wildman–Crippen MR) is 225 cm³/mol. The summed E-state index contributed by atoms with van der Waals surface area (Å²) in [7, 11) is 0. The van der Waals surface area contributed by atoms with E-state index in [1.54, 1.807) is 0 Å². The molecule has 0 atom stereocenters. The van der Waals surface area contributed by atoms with Crippen LogP contribution >= 0.6 is 0 Å². The van der Waals surface area contributed by atoms with Crippen LogP contribution in [0.3, 0.4) is 0 Å². The number of para-hydroxylation sites is 2. The zero-order valence-corrected chi connectivity index (χ0v) is 29.8. The number of hydrogen-bond donors (Lipinski definition) is 0. The molecular formula is C51H40N2. The molecule has 0 heterocycles. The first-order chi connectivity index (χ1) is 26.2. The number of rotatable bonds is 10. The van der Waals surface area contributed by atoms with Gasteiger partial charge in [0.05, 0.1) is 0 Å². The van der Waals surface area contributed by atoms with Gasteiger partial charge in [-0.1, -0.05) is 157 Å². The van der Waals surface area contributed by atoms with Crippen LogP contribution in [-0.2, 0) is 0 Å². The van der Waals surface area contributed by atoms with E-state index in [9.17, 15) is 0 Å². The van der Waals surface area contributed by atoms with E-state index in [1.807, 2.05) is 0 Å². The molecule has 0 bridgehead atoms. The molecule has 0 aliphatic heterocycles. The molecule has 8 aromatic carbocycles. The molecular weight excluding hydrogens is 641 g/mol. The number of aryl methyl sites for hydroxylation is 1. The van der Waals surface area contributed by atoms with Gasteiger partial charge in [-0.05, 0) is 113 Å². The summed E-state index contributed by atoms with van der Waals surface area (Å²) in [4.78, 5) is 4.63. The second-order valence-corrected chi connectivity index (χ2v) is 13.1. The topological polar surface area (TPSA) is 6.48 Å². The van der Waals surface area contributed by atoms with Crippen molar-refractivity contribution >= 4 is 45.3 Å². The Bertz CT molecular complexity index is 2310. The van der Waals surface area contributed by atoms with Crippen molar-refractivity contribution in [3.63, 3.8) is 0 Å². The summed E-state index contributed by atoms with van der Waals surface area (Å²) in [5.74, 6) is 0. The van der Waals surface area contributed by atoms with E-state index in [2.05, 4.69) is 241 Å². The fraction of sp³-hybridized carbons (Fsp3) is 0.0196. The van der Waals surface area contributed by atoms with E-state index >= 15 is 0 Å². The third-order valence-corrected chi connectivity index (χ3v) is 9.54. The molecule has 0 saturated heterocycles. The molecule has 0 aromatic heterocycles. The average Bonchev–Trinajstić information content (AvgIpc) is 3.23. The van der Waals surface area contributed by atoms with Crippen LogP contribution < -0.4 is 9.80 Å².